The van der Waals surface area contributed by atoms with E-state index in [4.69, 9.17) is 14.3 Å². The number of hydrogen-bond donors (Lipinski definition) is 0. The van der Waals surface area contributed by atoms with E-state index in [9.17, 15) is 4.79 Å². The van der Waals surface area contributed by atoms with Crippen LogP contribution in [0.4, 0.5) is 0 Å². The van der Waals surface area contributed by atoms with Gasteiger partial charge in [0, 0.05) is 27.2 Å². The second kappa shape index (κ2) is 7.60. The van der Waals surface area contributed by atoms with Crippen molar-refractivity contribution in [3.8, 4) is 0 Å². The van der Waals surface area contributed by atoms with Crippen molar-refractivity contribution < 1.29 is 19.1 Å². The lowest BCUT2D eigenvalue weighted by molar-refractivity contribution is -0.178. The molecule has 0 bridgehead atoms. The van der Waals surface area contributed by atoms with Gasteiger partial charge in [0.2, 0.25) is 0 Å². The van der Waals surface area contributed by atoms with E-state index in [1.807, 2.05) is 13.8 Å². The number of carbonyl (C=O) groups excluding carboxylic acids is 1. The van der Waals surface area contributed by atoms with E-state index in [1.165, 1.54) is 12.2 Å². The summed E-state index contributed by atoms with van der Waals surface area (Å²) in [5, 5.41) is 1.22. The van der Waals surface area contributed by atoms with Gasteiger partial charge in [0.15, 0.2) is 0 Å². The van der Waals surface area contributed by atoms with E-state index in [0.29, 0.717) is 6.61 Å². The number of methoxy groups -OCH3 is 2. The average Bonchev–Trinajstić information content (AvgIpc) is 2.28. The Morgan fingerprint density at radius 3 is 2.19 bits per heavy atom. The summed E-state index contributed by atoms with van der Waals surface area (Å²) in [7, 11) is 6.29. The minimum absolute atomic E-state index is 0.0997. The molecule has 0 saturated heterocycles. The lowest BCUT2D eigenvalue weighted by Gasteiger charge is -2.29. The smallest absolute Gasteiger partial charge is 0.251 e. The van der Waals surface area contributed by atoms with Crippen LogP contribution in [0.2, 0.25) is 0 Å². The zero-order valence-electron chi connectivity index (χ0n) is 11.0. The third-order valence-corrected chi connectivity index (χ3v) is 2.73. The van der Waals surface area contributed by atoms with E-state index >= 15 is 0 Å². The Bertz CT molecular complexity index is 210. The van der Waals surface area contributed by atoms with Crippen LogP contribution in [-0.4, -0.2) is 52.1 Å². The van der Waals surface area contributed by atoms with Crippen LogP contribution in [-0.2, 0) is 19.1 Å². The minimum Gasteiger partial charge on any atom is -0.384 e. The fourth-order valence-electron chi connectivity index (χ4n) is 1.80. The highest BCUT2D eigenvalue weighted by Crippen LogP contribution is 2.18. The van der Waals surface area contributed by atoms with Crippen LogP contribution in [0.15, 0.2) is 0 Å². The lowest BCUT2D eigenvalue weighted by Crippen LogP contribution is -2.41. The Morgan fingerprint density at radius 1 is 1.25 bits per heavy atom. The Morgan fingerprint density at radius 2 is 1.81 bits per heavy atom. The summed E-state index contributed by atoms with van der Waals surface area (Å²) in [6.45, 7) is 4.39. The Hall–Kier alpha value is -0.650. The maximum absolute atomic E-state index is 11.9. The predicted molar refractivity (Wildman–Crippen MR) is 60.8 cm³/mol. The third kappa shape index (κ3) is 4.08. The maximum atomic E-state index is 11.9. The van der Waals surface area contributed by atoms with Gasteiger partial charge in [-0.3, -0.25) is 9.63 Å². The molecule has 0 spiro atoms. The van der Waals surface area contributed by atoms with E-state index in [0.717, 1.165) is 0 Å². The maximum Gasteiger partial charge on any atom is 0.251 e. The summed E-state index contributed by atoms with van der Waals surface area (Å²) in [6.07, 6.45) is -0.176. The fraction of sp³-hybridized carbons (Fsp3) is 0.909. The zero-order chi connectivity index (χ0) is 12.7. The molecule has 0 aromatic rings. The molecule has 0 radical (unpaired) electrons. The molecular weight excluding hydrogens is 210 g/mol. The largest absolute Gasteiger partial charge is 0.384 e. The molecule has 1 amide bonds. The van der Waals surface area contributed by atoms with Crippen molar-refractivity contribution >= 4 is 5.91 Å². The van der Waals surface area contributed by atoms with Gasteiger partial charge in [-0.1, -0.05) is 13.8 Å². The topological polar surface area (TPSA) is 48.0 Å². The Balaban J connectivity index is 4.51. The monoisotopic (exact) mass is 233 g/mol. The fourth-order valence-corrected chi connectivity index (χ4v) is 1.80. The second-order valence-electron chi connectivity index (χ2n) is 3.94. The first-order chi connectivity index (χ1) is 7.49. The number of hydrogen-bond acceptors (Lipinski definition) is 4. The normalized spacial score (nSPS) is 16.6. The van der Waals surface area contributed by atoms with E-state index in [2.05, 4.69) is 0 Å². The molecule has 0 heterocycles. The molecule has 96 valence electrons. The van der Waals surface area contributed by atoms with E-state index in [1.54, 1.807) is 21.3 Å². The van der Waals surface area contributed by atoms with Crippen molar-refractivity contribution in [1.82, 2.24) is 5.06 Å². The number of nitrogens with zero attached hydrogens (tertiary/aromatic N) is 1. The molecule has 3 atom stereocenters. The van der Waals surface area contributed by atoms with Crippen molar-refractivity contribution in [3.05, 3.63) is 0 Å². The van der Waals surface area contributed by atoms with Gasteiger partial charge in [0.25, 0.3) is 5.91 Å². The van der Waals surface area contributed by atoms with E-state index in [-0.39, 0.29) is 23.8 Å². The molecule has 0 aromatic carbocycles. The van der Waals surface area contributed by atoms with Gasteiger partial charge in [-0.05, 0) is 0 Å². The highest BCUT2D eigenvalue weighted by molar-refractivity contribution is 5.77. The van der Waals surface area contributed by atoms with Crippen LogP contribution in [0.1, 0.15) is 13.8 Å². The highest BCUT2D eigenvalue weighted by atomic mass is 16.7. The molecule has 0 aliphatic rings. The Kier molecular flexibility index (Phi) is 7.29. The minimum atomic E-state index is -0.264. The molecule has 0 fully saturated rings. The van der Waals surface area contributed by atoms with Crippen molar-refractivity contribution in [1.29, 1.82) is 0 Å². The van der Waals surface area contributed by atoms with Crippen LogP contribution < -0.4 is 0 Å². The molecular formula is C11H23NO4. The van der Waals surface area contributed by atoms with Gasteiger partial charge in [0.05, 0.1) is 25.7 Å². The van der Waals surface area contributed by atoms with Gasteiger partial charge < -0.3 is 9.47 Å². The number of rotatable bonds is 7. The molecule has 0 aliphatic carbocycles. The molecule has 16 heavy (non-hydrogen) atoms. The number of carbonyl (C=O) groups is 1. The first kappa shape index (κ1) is 15.3. The average molecular weight is 233 g/mol. The number of hydroxylamine groups is 2. The predicted octanol–water partition coefficient (Wildman–Crippen LogP) is 0.940. The third-order valence-electron chi connectivity index (χ3n) is 2.73. The molecule has 0 saturated carbocycles. The second-order valence-corrected chi connectivity index (χ2v) is 3.94. The van der Waals surface area contributed by atoms with Crippen LogP contribution in [0.3, 0.4) is 0 Å². The summed E-state index contributed by atoms with van der Waals surface area (Å²) in [5.74, 6) is -0.211. The molecule has 0 aromatic heterocycles. The van der Waals surface area contributed by atoms with Crippen LogP contribution in [0.25, 0.3) is 0 Å². The molecule has 0 aliphatic heterocycles. The quantitative estimate of drug-likeness (QED) is 0.614. The van der Waals surface area contributed by atoms with Gasteiger partial charge >= 0.3 is 0 Å². The van der Waals surface area contributed by atoms with Gasteiger partial charge in [0.1, 0.15) is 0 Å². The van der Waals surface area contributed by atoms with Crippen LogP contribution in [0, 0.1) is 11.8 Å². The van der Waals surface area contributed by atoms with Gasteiger partial charge in [-0.25, -0.2) is 5.06 Å². The number of amides is 1. The molecule has 0 rings (SSSR count). The zero-order valence-corrected chi connectivity index (χ0v) is 11.0. The molecule has 5 heteroatoms. The Labute approximate surface area is 97.6 Å². The highest BCUT2D eigenvalue weighted by Gasteiger charge is 2.30. The summed E-state index contributed by atoms with van der Waals surface area (Å²) in [4.78, 5) is 16.7. The van der Waals surface area contributed by atoms with Crippen LogP contribution >= 0.6 is 0 Å². The summed E-state index contributed by atoms with van der Waals surface area (Å²) in [6, 6.07) is 0. The molecule has 5 nitrogen and oxygen atoms in total. The summed E-state index contributed by atoms with van der Waals surface area (Å²) < 4.78 is 10.4. The first-order valence-corrected chi connectivity index (χ1v) is 5.32. The molecule has 0 N–H and O–H groups in total. The molecule has 0 unspecified atom stereocenters. The first-order valence-electron chi connectivity index (χ1n) is 5.32. The summed E-state index contributed by atoms with van der Waals surface area (Å²) in [5.41, 5.74) is 0. The van der Waals surface area contributed by atoms with Crippen molar-refractivity contribution in [2.75, 3.05) is 35.0 Å². The van der Waals surface area contributed by atoms with E-state index < -0.39 is 0 Å². The standard InChI is InChI=1S/C11H23NO4/c1-8(7-14-4)10(15-5)9(2)11(13)12(3)16-6/h8-10H,7H2,1-6H3/t8-,9+,10-/m0/s1. The van der Waals surface area contributed by atoms with Crippen molar-refractivity contribution in [2.24, 2.45) is 11.8 Å². The lowest BCUT2D eigenvalue weighted by atomic mass is 9.93. The van der Waals surface area contributed by atoms with Crippen molar-refractivity contribution in [2.45, 2.75) is 20.0 Å². The summed E-state index contributed by atoms with van der Waals surface area (Å²) >= 11 is 0. The van der Waals surface area contributed by atoms with Crippen molar-refractivity contribution in [3.63, 3.8) is 0 Å². The number of ether oxygens (including phenoxy) is 2. The van der Waals surface area contributed by atoms with Gasteiger partial charge in [-0.15, -0.1) is 0 Å². The van der Waals surface area contributed by atoms with Crippen LogP contribution in [0.5, 0.6) is 0 Å². The SMILES string of the molecule is COC[C@H](C)[C@H](OC)[C@@H](C)C(=O)N(C)OC. The van der Waals surface area contributed by atoms with Gasteiger partial charge in [-0.2, -0.15) is 0 Å².